The Balaban J connectivity index is 1.68. The lowest BCUT2D eigenvalue weighted by atomic mass is 9.85. The number of nitrogens with zero attached hydrogens (tertiary/aromatic N) is 2. The molecule has 0 saturated carbocycles. The summed E-state index contributed by atoms with van der Waals surface area (Å²) in [5.74, 6) is 0.244. The Morgan fingerprint density at radius 2 is 1.61 bits per heavy atom. The SMILES string of the molecule is Cc1cccc(C)c1-c1cc2nc(n1)NS(=O)(=O)c1cccc(c1)NC[C@@H](c1cccc(C(C)(C)C)c1)O2. The molecule has 4 aromatic rings. The monoisotopic (exact) mass is 528 g/mol. The number of fused-ring (bicyclic) bond motifs is 4. The van der Waals surface area contributed by atoms with Gasteiger partial charge in [0, 0.05) is 17.3 Å². The van der Waals surface area contributed by atoms with E-state index in [-0.39, 0.29) is 22.1 Å². The van der Waals surface area contributed by atoms with Gasteiger partial charge >= 0.3 is 0 Å². The van der Waals surface area contributed by atoms with Gasteiger partial charge in [-0.2, -0.15) is 4.98 Å². The third-order valence-corrected chi connectivity index (χ3v) is 8.01. The summed E-state index contributed by atoms with van der Waals surface area (Å²) in [6.07, 6.45) is -0.398. The first-order valence-electron chi connectivity index (χ1n) is 12.6. The zero-order chi connectivity index (χ0) is 27.1. The molecule has 2 heterocycles. The van der Waals surface area contributed by atoms with E-state index in [9.17, 15) is 8.42 Å². The highest BCUT2D eigenvalue weighted by Gasteiger charge is 2.23. The number of nitrogens with one attached hydrogen (secondary N) is 2. The molecule has 2 N–H and O–H groups in total. The fourth-order valence-corrected chi connectivity index (χ4v) is 5.61. The molecule has 1 aromatic heterocycles. The van der Waals surface area contributed by atoms with Crippen molar-refractivity contribution in [3.63, 3.8) is 0 Å². The van der Waals surface area contributed by atoms with Gasteiger partial charge in [-0.15, -0.1) is 0 Å². The van der Waals surface area contributed by atoms with E-state index in [1.807, 2.05) is 50.2 Å². The summed E-state index contributed by atoms with van der Waals surface area (Å²) in [5.41, 5.74) is 6.38. The van der Waals surface area contributed by atoms with Crippen molar-refractivity contribution in [3.8, 4) is 17.1 Å². The number of hydrogen-bond donors (Lipinski definition) is 2. The highest BCUT2D eigenvalue weighted by atomic mass is 32.2. The maximum absolute atomic E-state index is 13.2. The van der Waals surface area contributed by atoms with Crippen LogP contribution in [-0.2, 0) is 15.4 Å². The lowest BCUT2D eigenvalue weighted by Crippen LogP contribution is -2.22. The van der Waals surface area contributed by atoms with Gasteiger partial charge in [0.1, 0.15) is 6.10 Å². The third kappa shape index (κ3) is 5.36. The summed E-state index contributed by atoms with van der Waals surface area (Å²) >= 11 is 0. The van der Waals surface area contributed by atoms with Crippen LogP contribution in [0.25, 0.3) is 11.3 Å². The third-order valence-electron chi connectivity index (χ3n) is 6.69. The predicted molar refractivity (Wildman–Crippen MR) is 151 cm³/mol. The Bertz CT molecular complexity index is 1590. The van der Waals surface area contributed by atoms with E-state index in [1.54, 1.807) is 24.3 Å². The second-order valence-electron chi connectivity index (χ2n) is 10.7. The average Bonchev–Trinajstić information content (AvgIpc) is 2.85. The van der Waals surface area contributed by atoms with Gasteiger partial charge in [0.05, 0.1) is 17.1 Å². The van der Waals surface area contributed by atoms with Gasteiger partial charge in [-0.1, -0.05) is 69.3 Å². The second-order valence-corrected chi connectivity index (χ2v) is 12.4. The van der Waals surface area contributed by atoms with Gasteiger partial charge in [0.15, 0.2) is 0 Å². The number of ether oxygens (including phenoxy) is 1. The van der Waals surface area contributed by atoms with Crippen molar-refractivity contribution in [2.45, 2.75) is 51.0 Å². The maximum atomic E-state index is 13.2. The van der Waals surface area contributed by atoms with Gasteiger partial charge in [-0.3, -0.25) is 0 Å². The van der Waals surface area contributed by atoms with Crippen LogP contribution in [-0.4, -0.2) is 24.9 Å². The van der Waals surface area contributed by atoms with Crippen molar-refractivity contribution in [2.75, 3.05) is 16.6 Å². The van der Waals surface area contributed by atoms with Crippen LogP contribution in [0.4, 0.5) is 11.6 Å². The van der Waals surface area contributed by atoms with Gasteiger partial charge < -0.3 is 10.1 Å². The number of sulfonamides is 1. The summed E-state index contributed by atoms with van der Waals surface area (Å²) in [6, 6.07) is 22.8. The van der Waals surface area contributed by atoms with Crippen LogP contribution in [0, 0.1) is 13.8 Å². The van der Waals surface area contributed by atoms with E-state index in [1.165, 1.54) is 5.56 Å². The number of aromatic nitrogens is 2. The first kappa shape index (κ1) is 25.7. The van der Waals surface area contributed by atoms with Crippen molar-refractivity contribution in [2.24, 2.45) is 0 Å². The van der Waals surface area contributed by atoms with Crippen LogP contribution in [0.2, 0.25) is 0 Å². The fraction of sp³-hybridized carbons (Fsp3) is 0.267. The molecule has 1 aliphatic heterocycles. The van der Waals surface area contributed by atoms with Crippen molar-refractivity contribution < 1.29 is 13.2 Å². The van der Waals surface area contributed by atoms with E-state index in [0.717, 1.165) is 22.3 Å². The van der Waals surface area contributed by atoms with Gasteiger partial charge in [0.2, 0.25) is 11.8 Å². The largest absolute Gasteiger partial charge is 0.467 e. The topological polar surface area (TPSA) is 93.2 Å². The van der Waals surface area contributed by atoms with Gasteiger partial charge in [-0.05, 0) is 59.7 Å². The summed E-state index contributed by atoms with van der Waals surface area (Å²) in [5, 5.41) is 3.36. The molecule has 196 valence electrons. The lowest BCUT2D eigenvalue weighted by molar-refractivity contribution is 0.210. The molecule has 3 aromatic carbocycles. The Hall–Kier alpha value is -3.91. The molecule has 7 nitrogen and oxygen atoms in total. The van der Waals surface area contributed by atoms with Crippen LogP contribution in [0.15, 0.2) is 77.7 Å². The molecule has 1 aliphatic rings. The standard InChI is InChI=1S/C30H32N4O3S/c1-19-9-6-10-20(2)28(19)25-17-27-33-29(32-25)34-38(35,36)24-14-8-13-23(16-24)31-18-26(37-27)21-11-7-12-22(15-21)30(3,4)5/h6-17,26,31H,18H2,1-5H3,(H,32,33,34)/t26-/m0/s1. The summed E-state index contributed by atoms with van der Waals surface area (Å²) in [6.45, 7) is 10.9. The molecule has 4 bridgehead atoms. The average molecular weight is 529 g/mol. The number of anilines is 2. The zero-order valence-corrected chi connectivity index (χ0v) is 23.1. The lowest BCUT2D eigenvalue weighted by Gasteiger charge is -2.25. The minimum atomic E-state index is -3.92. The Morgan fingerprint density at radius 3 is 2.34 bits per heavy atom. The van der Waals surface area contributed by atoms with E-state index in [2.05, 4.69) is 52.9 Å². The predicted octanol–water partition coefficient (Wildman–Crippen LogP) is 6.40. The molecule has 0 radical (unpaired) electrons. The zero-order valence-electron chi connectivity index (χ0n) is 22.2. The summed E-state index contributed by atoms with van der Waals surface area (Å²) < 4.78 is 35.5. The summed E-state index contributed by atoms with van der Waals surface area (Å²) in [4.78, 5) is 9.21. The van der Waals surface area contributed by atoms with Crippen LogP contribution >= 0.6 is 0 Å². The minimum absolute atomic E-state index is 0.0287. The van der Waals surface area contributed by atoms with Gasteiger partial charge in [0.25, 0.3) is 10.0 Å². The van der Waals surface area contributed by atoms with Crippen molar-refractivity contribution in [3.05, 3.63) is 95.1 Å². The molecule has 1 atom stereocenters. The van der Waals surface area contributed by atoms with Crippen molar-refractivity contribution >= 4 is 21.7 Å². The molecular weight excluding hydrogens is 496 g/mol. The smallest absolute Gasteiger partial charge is 0.264 e. The second kappa shape index (κ2) is 9.76. The van der Waals surface area contributed by atoms with E-state index in [4.69, 9.17) is 4.74 Å². The quantitative estimate of drug-likeness (QED) is 0.313. The molecule has 5 rings (SSSR count). The maximum Gasteiger partial charge on any atom is 0.264 e. The normalized spacial score (nSPS) is 16.7. The molecule has 8 heteroatoms. The molecular formula is C30H32N4O3S. The van der Waals surface area contributed by atoms with Crippen LogP contribution in [0.3, 0.4) is 0 Å². The molecule has 0 spiro atoms. The Kier molecular flexibility index (Phi) is 6.61. The van der Waals surface area contributed by atoms with Crippen molar-refractivity contribution in [1.29, 1.82) is 0 Å². The number of benzene rings is 3. The molecule has 0 aliphatic carbocycles. The van der Waals surface area contributed by atoms with E-state index >= 15 is 0 Å². The van der Waals surface area contributed by atoms with Gasteiger partial charge in [-0.25, -0.2) is 18.1 Å². The Labute approximate surface area is 224 Å². The highest BCUT2D eigenvalue weighted by molar-refractivity contribution is 7.92. The van der Waals surface area contributed by atoms with Crippen LogP contribution in [0.5, 0.6) is 5.88 Å². The van der Waals surface area contributed by atoms with Crippen LogP contribution in [0.1, 0.15) is 49.1 Å². The summed E-state index contributed by atoms with van der Waals surface area (Å²) in [7, 11) is -3.92. The van der Waals surface area contributed by atoms with Crippen LogP contribution < -0.4 is 14.8 Å². The fourth-order valence-electron chi connectivity index (χ4n) is 4.62. The number of rotatable bonds is 2. The van der Waals surface area contributed by atoms with E-state index < -0.39 is 16.1 Å². The molecule has 0 fully saturated rings. The van der Waals surface area contributed by atoms with Crippen molar-refractivity contribution in [1.82, 2.24) is 9.97 Å². The first-order valence-corrected chi connectivity index (χ1v) is 14.1. The Morgan fingerprint density at radius 1 is 0.895 bits per heavy atom. The minimum Gasteiger partial charge on any atom is -0.467 e. The highest BCUT2D eigenvalue weighted by Crippen LogP contribution is 2.33. The van der Waals surface area contributed by atoms with E-state index in [0.29, 0.717) is 17.9 Å². The molecule has 0 amide bonds. The molecule has 0 saturated heterocycles. The molecule has 0 unspecified atom stereocenters. The number of hydrogen-bond acceptors (Lipinski definition) is 6. The first-order chi connectivity index (χ1) is 18.0. The number of aryl methyl sites for hydroxylation is 2. The molecule has 38 heavy (non-hydrogen) atoms.